The van der Waals surface area contributed by atoms with Crippen molar-refractivity contribution in [1.82, 2.24) is 34.9 Å². The van der Waals surface area contributed by atoms with Gasteiger partial charge in [-0.1, -0.05) is 23.7 Å². The van der Waals surface area contributed by atoms with Crippen LogP contribution in [0, 0.1) is 5.82 Å². The quantitative estimate of drug-likeness (QED) is 0.0682. The summed E-state index contributed by atoms with van der Waals surface area (Å²) in [7, 11) is 1.52. The highest BCUT2D eigenvalue weighted by atomic mass is 35.5. The monoisotopic (exact) mass is 868 g/mol. The van der Waals surface area contributed by atoms with Gasteiger partial charge in [0, 0.05) is 74.2 Å². The van der Waals surface area contributed by atoms with E-state index in [1.165, 1.54) is 25.6 Å². The first kappa shape index (κ1) is 42.9. The van der Waals surface area contributed by atoms with Crippen molar-refractivity contribution in [2.24, 2.45) is 0 Å². The molecule has 0 aliphatic carbocycles. The molecule has 4 aromatic rings. The van der Waals surface area contributed by atoms with Gasteiger partial charge < -0.3 is 36.0 Å². The molecular weight excluding hydrogens is 819 g/mol. The van der Waals surface area contributed by atoms with Gasteiger partial charge in [0.2, 0.25) is 11.8 Å². The van der Waals surface area contributed by atoms with Gasteiger partial charge in [-0.2, -0.15) is 0 Å². The Hall–Kier alpha value is -5.72. The van der Waals surface area contributed by atoms with Crippen LogP contribution < -0.4 is 26.0 Å². The lowest BCUT2D eigenvalue weighted by atomic mass is 10.0. The van der Waals surface area contributed by atoms with Gasteiger partial charge in [-0.15, -0.1) is 0 Å². The summed E-state index contributed by atoms with van der Waals surface area (Å²) in [5.41, 5.74) is 2.77. The van der Waals surface area contributed by atoms with Crippen molar-refractivity contribution in [3.8, 4) is 5.75 Å². The predicted octanol–water partition coefficient (Wildman–Crippen LogP) is 4.45. The Bertz CT molecular complexity index is 2370. The van der Waals surface area contributed by atoms with Gasteiger partial charge in [-0.3, -0.25) is 33.9 Å². The molecule has 18 heteroatoms. The summed E-state index contributed by atoms with van der Waals surface area (Å²) in [4.78, 5) is 69.3. The molecule has 4 aliphatic heterocycles. The number of amides is 4. The third-order valence-electron chi connectivity index (χ3n) is 12.1. The zero-order valence-corrected chi connectivity index (χ0v) is 35.2. The van der Waals surface area contributed by atoms with Gasteiger partial charge in [0.25, 0.3) is 11.8 Å². The Morgan fingerprint density at radius 1 is 0.968 bits per heavy atom. The van der Waals surface area contributed by atoms with Gasteiger partial charge in [-0.25, -0.2) is 14.4 Å². The Balaban J connectivity index is 0.751. The van der Waals surface area contributed by atoms with Gasteiger partial charge in [0.1, 0.15) is 36.0 Å². The highest BCUT2D eigenvalue weighted by Crippen LogP contribution is 2.35. The molecule has 5 N–H and O–H groups in total. The van der Waals surface area contributed by atoms with Crippen LogP contribution in [-0.4, -0.2) is 143 Å². The van der Waals surface area contributed by atoms with E-state index in [1.807, 2.05) is 6.08 Å². The SMILES string of the molecule is COc1cc2ncnc(Nc3ccc(F)c(Cl)c3)c2cc1NC(=O)/C=C/CN1CCC(N2CCN(CCCNc3cccc4c3C(=O)N(C3CCC(O)NC3=O)C4=O)CC2)CC1. The fourth-order valence-electron chi connectivity index (χ4n) is 8.75. The summed E-state index contributed by atoms with van der Waals surface area (Å²) >= 11 is 5.97. The number of imide groups is 1. The lowest BCUT2D eigenvalue weighted by molar-refractivity contribution is -0.131. The summed E-state index contributed by atoms with van der Waals surface area (Å²) < 4.78 is 19.3. The number of rotatable bonds is 14. The number of piperidine rings is 2. The summed E-state index contributed by atoms with van der Waals surface area (Å²) in [6.07, 6.45) is 7.34. The number of hydrogen-bond acceptors (Lipinski definition) is 13. The molecular formula is C44H50ClFN10O6. The maximum Gasteiger partial charge on any atom is 0.264 e. The Kier molecular flexibility index (Phi) is 13.2. The molecule has 4 amide bonds. The van der Waals surface area contributed by atoms with Crippen LogP contribution in [0.3, 0.4) is 0 Å². The van der Waals surface area contributed by atoms with E-state index >= 15 is 0 Å². The third-order valence-corrected chi connectivity index (χ3v) is 12.3. The van der Waals surface area contributed by atoms with Crippen molar-refractivity contribution >= 4 is 69.0 Å². The number of likely N-dealkylation sites (tertiary alicyclic amines) is 1. The normalized spacial score (nSPS) is 20.5. The number of piperazine rings is 1. The zero-order valence-electron chi connectivity index (χ0n) is 34.4. The number of aliphatic hydroxyl groups excluding tert-OH is 1. The highest BCUT2D eigenvalue weighted by Gasteiger charge is 2.45. The Morgan fingerprint density at radius 3 is 2.53 bits per heavy atom. The van der Waals surface area contributed by atoms with E-state index < -0.39 is 35.8 Å². The Labute approximate surface area is 363 Å². The molecule has 2 unspecified atom stereocenters. The van der Waals surface area contributed by atoms with Crippen LogP contribution in [0.1, 0.15) is 52.8 Å². The number of anilines is 4. The number of ether oxygens (including phenoxy) is 1. The summed E-state index contributed by atoms with van der Waals surface area (Å²) in [5, 5.41) is 22.2. The standard InChI is InChI=1S/C44H50ClFN10O6/c1-62-37-25-34-30(41(49-26-48-34)50-27-8-9-32(46)31(45)23-27)24-35(37)51-38(57)7-3-15-53-17-12-28(13-18-53)55-21-19-54(20-22-55)16-4-14-47-33-6-2-5-29-40(33)44(61)56(43(29)60)36-10-11-39(58)52-42(36)59/h2-3,5-9,23-26,28,36,39,47,58H,4,10-22H2,1H3,(H,51,57)(H,52,59)(H,48,49,50)/b7-3+. The van der Waals surface area contributed by atoms with Gasteiger partial charge in [0.15, 0.2) is 0 Å². The van der Waals surface area contributed by atoms with Crippen LogP contribution in [-0.2, 0) is 9.59 Å². The molecule has 4 aliphatic rings. The molecule has 0 saturated carbocycles. The lowest BCUT2D eigenvalue weighted by Crippen LogP contribution is -2.55. The number of fused-ring (bicyclic) bond motifs is 2. The van der Waals surface area contributed by atoms with Crippen LogP contribution in [0.25, 0.3) is 10.9 Å². The molecule has 0 radical (unpaired) electrons. The Morgan fingerprint density at radius 2 is 1.77 bits per heavy atom. The summed E-state index contributed by atoms with van der Waals surface area (Å²) in [5.74, 6) is -1.40. The van der Waals surface area contributed by atoms with Crippen molar-refractivity contribution in [3.63, 3.8) is 0 Å². The van der Waals surface area contributed by atoms with Crippen molar-refractivity contribution in [2.45, 2.75) is 50.4 Å². The first-order valence-corrected chi connectivity index (χ1v) is 21.4. The van der Waals surface area contributed by atoms with Gasteiger partial charge in [0.05, 0.1) is 34.5 Å². The fourth-order valence-corrected chi connectivity index (χ4v) is 8.93. The van der Waals surface area contributed by atoms with Crippen LogP contribution in [0.5, 0.6) is 5.75 Å². The molecule has 3 fully saturated rings. The number of nitrogens with one attached hydrogen (secondary N) is 4. The van der Waals surface area contributed by atoms with Crippen molar-refractivity contribution in [3.05, 3.63) is 89.0 Å². The number of aliphatic hydroxyl groups is 1. The molecule has 3 saturated heterocycles. The van der Waals surface area contributed by atoms with Crippen LogP contribution in [0.4, 0.5) is 27.3 Å². The third kappa shape index (κ3) is 9.51. The van der Waals surface area contributed by atoms with E-state index in [0.29, 0.717) is 64.2 Å². The van der Waals surface area contributed by atoms with Crippen molar-refractivity contribution < 1.29 is 33.4 Å². The minimum atomic E-state index is -0.969. The molecule has 0 bridgehead atoms. The number of carbonyl (C=O) groups excluding carboxylic acids is 4. The summed E-state index contributed by atoms with van der Waals surface area (Å²) in [6.45, 7) is 8.07. The van der Waals surface area contributed by atoms with Crippen LogP contribution >= 0.6 is 11.6 Å². The van der Waals surface area contributed by atoms with Gasteiger partial charge in [-0.05, 0) is 88.1 Å². The van der Waals surface area contributed by atoms with E-state index in [2.05, 4.69) is 45.9 Å². The molecule has 16 nitrogen and oxygen atoms in total. The number of benzene rings is 3. The number of hydrogen-bond donors (Lipinski definition) is 5. The molecule has 3 aromatic carbocycles. The average molecular weight is 869 g/mol. The van der Waals surface area contributed by atoms with E-state index in [4.69, 9.17) is 16.3 Å². The molecule has 8 rings (SSSR count). The van der Waals surface area contributed by atoms with Crippen molar-refractivity contribution in [2.75, 3.05) is 82.0 Å². The molecule has 5 heterocycles. The maximum absolute atomic E-state index is 13.7. The van der Waals surface area contributed by atoms with Crippen LogP contribution in [0.15, 0.2) is 67.0 Å². The molecule has 326 valence electrons. The molecule has 0 spiro atoms. The lowest BCUT2D eigenvalue weighted by Gasteiger charge is -2.42. The maximum atomic E-state index is 13.7. The second kappa shape index (κ2) is 19.1. The van der Waals surface area contributed by atoms with E-state index in [9.17, 15) is 28.7 Å². The van der Waals surface area contributed by atoms with E-state index in [1.54, 1.807) is 42.5 Å². The second-order valence-electron chi connectivity index (χ2n) is 16.0. The predicted molar refractivity (Wildman–Crippen MR) is 233 cm³/mol. The smallest absolute Gasteiger partial charge is 0.264 e. The number of nitrogens with zero attached hydrogens (tertiary/aromatic N) is 6. The number of carbonyl (C=O) groups is 4. The first-order chi connectivity index (χ1) is 30.1. The molecule has 1 aromatic heterocycles. The average Bonchev–Trinajstić information content (AvgIpc) is 3.53. The summed E-state index contributed by atoms with van der Waals surface area (Å²) in [6, 6.07) is 12.5. The highest BCUT2D eigenvalue weighted by molar-refractivity contribution is 6.31. The minimum absolute atomic E-state index is 0.0185. The van der Waals surface area contributed by atoms with Crippen molar-refractivity contribution in [1.29, 1.82) is 0 Å². The van der Waals surface area contributed by atoms with Gasteiger partial charge >= 0.3 is 0 Å². The zero-order chi connectivity index (χ0) is 43.3. The number of methoxy groups -OCH3 is 1. The number of aromatic nitrogens is 2. The second-order valence-corrected chi connectivity index (χ2v) is 16.4. The van der Waals surface area contributed by atoms with E-state index in [-0.39, 0.29) is 29.3 Å². The van der Waals surface area contributed by atoms with Crippen LogP contribution in [0.2, 0.25) is 5.02 Å². The first-order valence-electron chi connectivity index (χ1n) is 21.0. The largest absolute Gasteiger partial charge is 0.494 e. The number of halogens is 2. The fraction of sp³-hybridized carbons (Fsp3) is 0.409. The molecule has 2 atom stereocenters. The minimum Gasteiger partial charge on any atom is -0.494 e. The van der Waals surface area contributed by atoms with E-state index in [0.717, 1.165) is 70.0 Å². The topological polar surface area (TPSA) is 185 Å². The molecule has 62 heavy (non-hydrogen) atoms.